The number of aromatic hydroxyl groups is 1. The normalized spacial score (nSPS) is 11.6. The van der Waals surface area contributed by atoms with Crippen molar-refractivity contribution in [3.05, 3.63) is 34.2 Å². The first-order chi connectivity index (χ1) is 10.0. The van der Waals surface area contributed by atoms with Gasteiger partial charge in [-0.25, -0.2) is 9.97 Å². The number of nitrogens with zero attached hydrogens (tertiary/aromatic N) is 5. The number of benzene rings is 1. The Labute approximate surface area is 133 Å². The van der Waals surface area contributed by atoms with E-state index in [9.17, 15) is 5.11 Å². The van der Waals surface area contributed by atoms with Gasteiger partial charge in [-0.05, 0) is 24.5 Å². The Morgan fingerprint density at radius 1 is 1.19 bits per heavy atom. The summed E-state index contributed by atoms with van der Waals surface area (Å²) >= 11 is 13.0. The molecular weight excluding hydrogens is 333 g/mol. The third-order valence-electron chi connectivity index (χ3n) is 2.60. The summed E-state index contributed by atoms with van der Waals surface area (Å²) in [6, 6.07) is 2.75. The van der Waals surface area contributed by atoms with E-state index in [2.05, 4.69) is 24.6 Å². The lowest BCUT2D eigenvalue weighted by Crippen LogP contribution is -1.85. The zero-order valence-electron chi connectivity index (χ0n) is 10.6. The molecule has 0 radical (unpaired) electrons. The van der Waals surface area contributed by atoms with Crippen LogP contribution in [0.25, 0.3) is 11.0 Å². The summed E-state index contributed by atoms with van der Waals surface area (Å²) in [5.74, 6) is 0.539. The van der Waals surface area contributed by atoms with Crippen LogP contribution in [-0.4, -0.2) is 19.4 Å². The van der Waals surface area contributed by atoms with Gasteiger partial charge in [-0.1, -0.05) is 23.2 Å². The van der Waals surface area contributed by atoms with Crippen molar-refractivity contribution in [3.8, 4) is 5.75 Å². The zero-order chi connectivity index (χ0) is 15.0. The number of aryl methyl sites for hydroxylation is 1. The number of phenols is 1. The highest BCUT2D eigenvalue weighted by atomic mass is 35.5. The summed E-state index contributed by atoms with van der Waals surface area (Å²) in [6.45, 7) is 1.79. The smallest absolute Gasteiger partial charge is 0.178 e. The number of fused-ring (bicyclic) bond motifs is 1. The molecule has 6 nitrogen and oxygen atoms in total. The molecule has 2 aromatic heterocycles. The van der Waals surface area contributed by atoms with Crippen molar-refractivity contribution in [2.24, 2.45) is 10.2 Å². The van der Waals surface area contributed by atoms with E-state index in [0.29, 0.717) is 22.2 Å². The Morgan fingerprint density at radius 2 is 2.00 bits per heavy atom. The SMILES string of the molecule is Cc1ncc2c(/N=N/c3cc(Cl)c(O)cc3Cl)snc2n1. The molecular formula is C12H7Cl2N5OS. The van der Waals surface area contributed by atoms with Gasteiger partial charge in [0.1, 0.15) is 17.3 Å². The van der Waals surface area contributed by atoms with Crippen LogP contribution >= 0.6 is 34.7 Å². The minimum absolute atomic E-state index is 0.104. The minimum Gasteiger partial charge on any atom is -0.506 e. The van der Waals surface area contributed by atoms with E-state index < -0.39 is 0 Å². The van der Waals surface area contributed by atoms with Crippen LogP contribution in [0.5, 0.6) is 5.75 Å². The molecule has 21 heavy (non-hydrogen) atoms. The van der Waals surface area contributed by atoms with Crippen LogP contribution in [0.2, 0.25) is 10.0 Å². The second-order valence-electron chi connectivity index (χ2n) is 4.10. The van der Waals surface area contributed by atoms with E-state index in [1.54, 1.807) is 13.1 Å². The van der Waals surface area contributed by atoms with E-state index in [-0.39, 0.29) is 15.8 Å². The fraction of sp³-hybridized carbons (Fsp3) is 0.0833. The molecule has 0 fully saturated rings. The van der Waals surface area contributed by atoms with Crippen molar-refractivity contribution >= 4 is 56.5 Å². The zero-order valence-corrected chi connectivity index (χ0v) is 12.9. The fourth-order valence-corrected chi connectivity index (χ4v) is 2.57. The van der Waals surface area contributed by atoms with Crippen LogP contribution in [0.3, 0.4) is 0 Å². The molecule has 106 valence electrons. The first-order valence-corrected chi connectivity index (χ1v) is 7.26. The number of rotatable bonds is 2. The maximum atomic E-state index is 9.43. The Balaban J connectivity index is 2.00. The van der Waals surface area contributed by atoms with Gasteiger partial charge < -0.3 is 5.11 Å². The van der Waals surface area contributed by atoms with Gasteiger partial charge >= 0.3 is 0 Å². The quantitative estimate of drug-likeness (QED) is 0.678. The van der Waals surface area contributed by atoms with Crippen LogP contribution in [0.4, 0.5) is 10.7 Å². The average Bonchev–Trinajstić information content (AvgIpc) is 2.83. The highest BCUT2D eigenvalue weighted by molar-refractivity contribution is 7.11. The van der Waals surface area contributed by atoms with Crippen molar-refractivity contribution in [3.63, 3.8) is 0 Å². The molecule has 0 aliphatic heterocycles. The highest BCUT2D eigenvalue weighted by Gasteiger charge is 2.09. The third-order valence-corrected chi connectivity index (χ3v) is 3.95. The van der Waals surface area contributed by atoms with Crippen LogP contribution < -0.4 is 0 Å². The largest absolute Gasteiger partial charge is 0.506 e. The van der Waals surface area contributed by atoms with Gasteiger partial charge in [0.2, 0.25) is 0 Å². The number of phenolic OH excluding ortho intramolecular Hbond substituents is 1. The number of hydrogen-bond donors (Lipinski definition) is 1. The Kier molecular flexibility index (Phi) is 3.71. The van der Waals surface area contributed by atoms with Gasteiger partial charge in [0.15, 0.2) is 10.6 Å². The molecule has 3 aromatic rings. The first kappa shape index (κ1) is 14.1. The molecule has 3 rings (SSSR count). The monoisotopic (exact) mass is 339 g/mol. The fourth-order valence-electron chi connectivity index (χ4n) is 1.59. The lowest BCUT2D eigenvalue weighted by atomic mass is 10.3. The third kappa shape index (κ3) is 2.80. The minimum atomic E-state index is -0.104. The van der Waals surface area contributed by atoms with Crippen LogP contribution in [-0.2, 0) is 0 Å². The van der Waals surface area contributed by atoms with Crippen molar-refractivity contribution in [1.29, 1.82) is 0 Å². The first-order valence-electron chi connectivity index (χ1n) is 5.73. The molecule has 9 heteroatoms. The molecule has 0 aliphatic rings. The molecule has 1 aromatic carbocycles. The average molecular weight is 340 g/mol. The molecule has 0 saturated heterocycles. The highest BCUT2D eigenvalue weighted by Crippen LogP contribution is 2.37. The maximum absolute atomic E-state index is 9.43. The van der Waals surface area contributed by atoms with E-state index in [0.717, 1.165) is 5.39 Å². The van der Waals surface area contributed by atoms with Gasteiger partial charge in [-0.3, -0.25) is 0 Å². The summed E-state index contributed by atoms with van der Waals surface area (Å²) < 4.78 is 4.18. The second-order valence-corrected chi connectivity index (χ2v) is 5.66. The molecule has 0 saturated carbocycles. The van der Waals surface area contributed by atoms with Crippen molar-refractivity contribution < 1.29 is 5.11 Å². The molecule has 0 unspecified atom stereocenters. The van der Waals surface area contributed by atoms with E-state index in [4.69, 9.17) is 23.2 Å². The predicted octanol–water partition coefficient (Wildman–Crippen LogP) is 4.82. The molecule has 2 heterocycles. The van der Waals surface area contributed by atoms with E-state index in [1.807, 2.05) is 0 Å². The van der Waals surface area contributed by atoms with Crippen molar-refractivity contribution in [1.82, 2.24) is 14.3 Å². The standard InChI is InChI=1S/C12H7Cl2N5OS/c1-5-15-4-6-11(16-5)19-21-12(6)18-17-9-2-8(14)10(20)3-7(9)13/h2-4,20H,1H3/b18-17+. The molecule has 0 aliphatic carbocycles. The Morgan fingerprint density at radius 3 is 2.81 bits per heavy atom. The molecule has 0 atom stereocenters. The number of azo groups is 1. The summed E-state index contributed by atoms with van der Waals surface area (Å²) in [5.41, 5.74) is 0.935. The van der Waals surface area contributed by atoms with Gasteiger partial charge in [0, 0.05) is 12.3 Å². The van der Waals surface area contributed by atoms with Gasteiger partial charge in [-0.15, -0.1) is 10.2 Å². The van der Waals surface area contributed by atoms with E-state index in [1.165, 1.54) is 23.7 Å². The maximum Gasteiger partial charge on any atom is 0.178 e. The molecule has 0 bridgehead atoms. The number of halogens is 2. The van der Waals surface area contributed by atoms with Gasteiger partial charge in [0.05, 0.1) is 15.4 Å². The molecule has 1 N–H and O–H groups in total. The topological polar surface area (TPSA) is 83.6 Å². The van der Waals surface area contributed by atoms with Crippen LogP contribution in [0.1, 0.15) is 5.82 Å². The summed E-state index contributed by atoms with van der Waals surface area (Å²) in [6.07, 6.45) is 1.65. The van der Waals surface area contributed by atoms with Gasteiger partial charge in [-0.2, -0.15) is 4.37 Å². The predicted molar refractivity (Wildman–Crippen MR) is 82.2 cm³/mol. The van der Waals surface area contributed by atoms with Crippen molar-refractivity contribution in [2.75, 3.05) is 0 Å². The Hall–Kier alpha value is -1.83. The summed E-state index contributed by atoms with van der Waals surface area (Å²) in [5, 5.41) is 19.3. The Bertz CT molecular complexity index is 864. The van der Waals surface area contributed by atoms with E-state index >= 15 is 0 Å². The number of aromatic nitrogens is 3. The molecule has 0 amide bonds. The molecule has 0 spiro atoms. The van der Waals surface area contributed by atoms with Crippen LogP contribution in [0, 0.1) is 6.92 Å². The van der Waals surface area contributed by atoms with Crippen LogP contribution in [0.15, 0.2) is 28.6 Å². The lowest BCUT2D eigenvalue weighted by Gasteiger charge is -2.00. The second kappa shape index (κ2) is 5.51. The van der Waals surface area contributed by atoms with Gasteiger partial charge in [0.25, 0.3) is 0 Å². The lowest BCUT2D eigenvalue weighted by molar-refractivity contribution is 0.475. The summed E-state index contributed by atoms with van der Waals surface area (Å²) in [7, 11) is 0. The van der Waals surface area contributed by atoms with Crippen molar-refractivity contribution in [2.45, 2.75) is 6.92 Å². The summed E-state index contributed by atoms with van der Waals surface area (Å²) in [4.78, 5) is 8.31. The number of hydrogen-bond acceptors (Lipinski definition) is 7.